The molecule has 6 heteroatoms. The minimum atomic E-state index is 0.268. The van der Waals surface area contributed by atoms with Crippen molar-refractivity contribution in [3.8, 4) is 0 Å². The molecule has 22 heavy (non-hydrogen) atoms. The average molecular weight is 312 g/mol. The van der Waals surface area contributed by atoms with Gasteiger partial charge in [0.25, 0.3) is 0 Å². The van der Waals surface area contributed by atoms with Crippen LogP contribution in [0.15, 0.2) is 28.8 Å². The highest BCUT2D eigenvalue weighted by molar-refractivity contribution is 7.18. The molecule has 3 heterocycles. The van der Waals surface area contributed by atoms with Crippen LogP contribution in [0.1, 0.15) is 48.5 Å². The number of rotatable bonds is 3. The SMILES string of the molecule is c1ccc2sc(C3CCCN3c3nc(C4CC4)no3)nc2c1. The smallest absolute Gasteiger partial charge is 0.315 e. The lowest BCUT2D eigenvalue weighted by atomic mass is 10.2. The Bertz CT molecular complexity index is 789. The van der Waals surface area contributed by atoms with E-state index in [1.54, 1.807) is 11.3 Å². The molecule has 5 rings (SSSR count). The zero-order chi connectivity index (χ0) is 14.5. The molecule has 1 atom stereocenters. The van der Waals surface area contributed by atoms with E-state index >= 15 is 0 Å². The Kier molecular flexibility index (Phi) is 2.73. The fraction of sp³-hybridized carbons (Fsp3) is 0.438. The maximum atomic E-state index is 5.52. The van der Waals surface area contributed by atoms with Gasteiger partial charge in [0.2, 0.25) is 0 Å². The average Bonchev–Trinajstić information content (AvgIpc) is 2.98. The predicted molar refractivity (Wildman–Crippen MR) is 85.2 cm³/mol. The fourth-order valence-corrected chi connectivity index (χ4v) is 4.25. The number of hydrogen-bond donors (Lipinski definition) is 0. The molecular formula is C16H16N4OS. The summed E-state index contributed by atoms with van der Waals surface area (Å²) in [5, 5.41) is 5.31. The summed E-state index contributed by atoms with van der Waals surface area (Å²) in [7, 11) is 0. The van der Waals surface area contributed by atoms with E-state index in [0.717, 1.165) is 35.7 Å². The molecule has 0 amide bonds. The summed E-state index contributed by atoms with van der Waals surface area (Å²) < 4.78 is 6.76. The number of para-hydroxylation sites is 1. The van der Waals surface area contributed by atoms with Gasteiger partial charge in [-0.3, -0.25) is 0 Å². The second kappa shape index (κ2) is 4.78. The van der Waals surface area contributed by atoms with Gasteiger partial charge in [0.1, 0.15) is 5.01 Å². The van der Waals surface area contributed by atoms with E-state index in [-0.39, 0.29) is 6.04 Å². The van der Waals surface area contributed by atoms with Crippen LogP contribution in [-0.2, 0) is 0 Å². The lowest BCUT2D eigenvalue weighted by molar-refractivity contribution is 0.404. The first-order valence-electron chi connectivity index (χ1n) is 7.84. The molecule has 0 bridgehead atoms. The number of aromatic nitrogens is 3. The van der Waals surface area contributed by atoms with Gasteiger partial charge in [-0.05, 0) is 37.8 Å². The summed E-state index contributed by atoms with van der Waals surface area (Å²) in [5.74, 6) is 1.41. The predicted octanol–water partition coefficient (Wildman–Crippen LogP) is 3.90. The van der Waals surface area contributed by atoms with E-state index in [0.29, 0.717) is 11.9 Å². The maximum absolute atomic E-state index is 5.52. The Morgan fingerprint density at radius 3 is 2.91 bits per heavy atom. The molecule has 1 aromatic carbocycles. The minimum absolute atomic E-state index is 0.268. The number of anilines is 1. The largest absolute Gasteiger partial charge is 0.324 e. The van der Waals surface area contributed by atoms with Crippen LogP contribution in [0, 0.1) is 0 Å². The highest BCUT2D eigenvalue weighted by Gasteiger charge is 2.34. The zero-order valence-corrected chi connectivity index (χ0v) is 12.9. The minimum Gasteiger partial charge on any atom is -0.315 e. The zero-order valence-electron chi connectivity index (χ0n) is 12.1. The van der Waals surface area contributed by atoms with Gasteiger partial charge in [0, 0.05) is 12.5 Å². The molecule has 1 aliphatic heterocycles. The highest BCUT2D eigenvalue weighted by Crippen LogP contribution is 2.41. The van der Waals surface area contributed by atoms with Crippen LogP contribution < -0.4 is 4.90 Å². The third kappa shape index (κ3) is 2.01. The van der Waals surface area contributed by atoms with Crippen molar-refractivity contribution in [2.45, 2.75) is 37.6 Å². The van der Waals surface area contributed by atoms with Gasteiger partial charge >= 0.3 is 6.01 Å². The summed E-state index contributed by atoms with van der Waals surface area (Å²) in [6.45, 7) is 0.965. The van der Waals surface area contributed by atoms with Crippen molar-refractivity contribution in [1.82, 2.24) is 15.1 Å². The number of fused-ring (bicyclic) bond motifs is 1. The van der Waals surface area contributed by atoms with Crippen LogP contribution in [0.25, 0.3) is 10.2 Å². The molecule has 2 fully saturated rings. The first kappa shape index (κ1) is 12.6. The first-order chi connectivity index (χ1) is 10.9. The molecular weight excluding hydrogens is 296 g/mol. The van der Waals surface area contributed by atoms with E-state index in [1.165, 1.54) is 17.5 Å². The van der Waals surface area contributed by atoms with E-state index in [2.05, 4.69) is 33.2 Å². The Labute approximate surface area is 132 Å². The van der Waals surface area contributed by atoms with Crippen molar-refractivity contribution in [2.75, 3.05) is 11.4 Å². The van der Waals surface area contributed by atoms with Gasteiger partial charge in [-0.1, -0.05) is 17.3 Å². The van der Waals surface area contributed by atoms with Gasteiger partial charge in [-0.2, -0.15) is 4.98 Å². The van der Waals surface area contributed by atoms with Crippen LogP contribution in [0.4, 0.5) is 6.01 Å². The monoisotopic (exact) mass is 312 g/mol. The summed E-state index contributed by atoms with van der Waals surface area (Å²) in [5.41, 5.74) is 1.08. The fourth-order valence-electron chi connectivity index (χ4n) is 3.14. The number of nitrogens with zero attached hydrogens (tertiary/aromatic N) is 4. The third-order valence-corrected chi connectivity index (χ3v) is 5.61. The van der Waals surface area contributed by atoms with E-state index in [1.807, 2.05) is 6.07 Å². The van der Waals surface area contributed by atoms with Crippen LogP contribution in [-0.4, -0.2) is 21.7 Å². The Hall–Kier alpha value is -1.95. The van der Waals surface area contributed by atoms with Crippen molar-refractivity contribution in [3.63, 3.8) is 0 Å². The second-order valence-corrected chi connectivity index (χ2v) is 7.14. The summed E-state index contributed by atoms with van der Waals surface area (Å²) >= 11 is 1.78. The molecule has 2 aromatic heterocycles. The Morgan fingerprint density at radius 2 is 2.05 bits per heavy atom. The first-order valence-corrected chi connectivity index (χ1v) is 8.66. The van der Waals surface area contributed by atoms with Gasteiger partial charge in [-0.15, -0.1) is 11.3 Å². The van der Waals surface area contributed by atoms with Gasteiger partial charge in [0.15, 0.2) is 5.82 Å². The molecule has 112 valence electrons. The van der Waals surface area contributed by atoms with E-state index < -0.39 is 0 Å². The molecule has 1 saturated carbocycles. The lowest BCUT2D eigenvalue weighted by Crippen LogP contribution is -2.22. The number of thiazole rings is 1. The van der Waals surface area contributed by atoms with Crippen LogP contribution >= 0.6 is 11.3 Å². The third-order valence-electron chi connectivity index (χ3n) is 4.47. The number of hydrogen-bond acceptors (Lipinski definition) is 6. The summed E-state index contributed by atoms with van der Waals surface area (Å²) in [6, 6.07) is 9.25. The van der Waals surface area contributed by atoms with Crippen molar-refractivity contribution < 1.29 is 4.52 Å². The quantitative estimate of drug-likeness (QED) is 0.734. The molecule has 5 nitrogen and oxygen atoms in total. The maximum Gasteiger partial charge on any atom is 0.324 e. The summed E-state index contributed by atoms with van der Waals surface area (Å²) in [4.78, 5) is 11.7. The molecule has 1 unspecified atom stereocenters. The normalized spacial score (nSPS) is 21.8. The molecule has 2 aliphatic rings. The van der Waals surface area contributed by atoms with Gasteiger partial charge in [-0.25, -0.2) is 4.98 Å². The molecule has 0 N–H and O–H groups in total. The van der Waals surface area contributed by atoms with Crippen molar-refractivity contribution in [1.29, 1.82) is 0 Å². The second-order valence-electron chi connectivity index (χ2n) is 6.08. The van der Waals surface area contributed by atoms with Crippen molar-refractivity contribution >= 4 is 27.6 Å². The van der Waals surface area contributed by atoms with Gasteiger partial charge < -0.3 is 9.42 Å². The molecule has 1 saturated heterocycles. The van der Waals surface area contributed by atoms with Crippen molar-refractivity contribution in [3.05, 3.63) is 35.1 Å². The van der Waals surface area contributed by atoms with Crippen molar-refractivity contribution in [2.24, 2.45) is 0 Å². The number of benzene rings is 1. The van der Waals surface area contributed by atoms with Crippen LogP contribution in [0.3, 0.4) is 0 Å². The summed E-state index contributed by atoms with van der Waals surface area (Å²) in [6.07, 6.45) is 4.63. The molecule has 0 radical (unpaired) electrons. The highest BCUT2D eigenvalue weighted by atomic mass is 32.1. The van der Waals surface area contributed by atoms with Gasteiger partial charge in [0.05, 0.1) is 16.3 Å². The van der Waals surface area contributed by atoms with Crippen LogP contribution in [0.5, 0.6) is 0 Å². The Balaban J connectivity index is 1.49. The molecule has 1 aliphatic carbocycles. The van der Waals surface area contributed by atoms with E-state index in [4.69, 9.17) is 9.51 Å². The lowest BCUT2D eigenvalue weighted by Gasteiger charge is -2.19. The molecule has 3 aromatic rings. The van der Waals surface area contributed by atoms with Crippen LogP contribution in [0.2, 0.25) is 0 Å². The Morgan fingerprint density at radius 1 is 1.14 bits per heavy atom. The topological polar surface area (TPSA) is 55.1 Å². The standard InChI is InChI=1S/C16H16N4OS/c1-2-6-13-11(4-1)17-15(22-13)12-5-3-9-20(12)16-18-14(19-21-16)10-7-8-10/h1-2,4,6,10,12H,3,5,7-9H2. The molecule has 0 spiro atoms. The van der Waals surface area contributed by atoms with E-state index in [9.17, 15) is 0 Å².